The van der Waals surface area contributed by atoms with Gasteiger partial charge < -0.3 is 0 Å². The Morgan fingerprint density at radius 2 is 2.08 bits per heavy atom. The highest BCUT2D eigenvalue weighted by Crippen LogP contribution is 2.13. The minimum absolute atomic E-state index is 0.730. The van der Waals surface area contributed by atoms with E-state index in [4.69, 9.17) is 5.26 Å². The number of nitrogens with zero attached hydrogens (tertiary/aromatic N) is 2. The molecular formula is C11H9N2+. The smallest absolute Gasteiger partial charge is 0.201 e. The average molecular weight is 169 g/mol. The molecule has 0 aliphatic carbocycles. The number of pyridine rings is 1. The molecule has 2 nitrogen and oxygen atoms in total. The fraction of sp³-hybridized carbons (Fsp3) is 0.0909. The van der Waals surface area contributed by atoms with E-state index in [0.717, 1.165) is 16.5 Å². The predicted molar refractivity (Wildman–Crippen MR) is 49.8 cm³/mol. The lowest BCUT2D eigenvalue weighted by atomic mass is 10.1. The molecule has 0 unspecified atom stereocenters. The van der Waals surface area contributed by atoms with Gasteiger partial charge in [0.25, 0.3) is 0 Å². The fourth-order valence-corrected chi connectivity index (χ4v) is 1.48. The summed E-state index contributed by atoms with van der Waals surface area (Å²) >= 11 is 0. The minimum Gasteiger partial charge on any atom is -0.201 e. The first kappa shape index (κ1) is 7.75. The van der Waals surface area contributed by atoms with Crippen molar-refractivity contribution in [1.29, 1.82) is 5.26 Å². The quantitative estimate of drug-likeness (QED) is 0.550. The molecule has 2 heteroatoms. The summed E-state index contributed by atoms with van der Waals surface area (Å²) in [5, 5.41) is 9.88. The summed E-state index contributed by atoms with van der Waals surface area (Å²) in [6, 6.07) is 11.8. The van der Waals surface area contributed by atoms with Crippen molar-refractivity contribution < 1.29 is 4.57 Å². The van der Waals surface area contributed by atoms with E-state index in [1.807, 2.05) is 48.1 Å². The SMILES string of the molecule is C[n+]1cccc2c(C#N)cccc21. The molecule has 0 aliphatic heterocycles. The molecule has 62 valence electrons. The molecule has 0 aliphatic rings. The number of hydrogen-bond donors (Lipinski definition) is 0. The molecule has 1 aromatic carbocycles. The van der Waals surface area contributed by atoms with E-state index in [1.54, 1.807) is 0 Å². The van der Waals surface area contributed by atoms with Crippen LogP contribution in [0.2, 0.25) is 0 Å². The standard InChI is InChI=1S/C11H9N2/c1-13-7-3-5-10-9(8-12)4-2-6-11(10)13/h2-7H,1H3/q+1. The molecule has 0 saturated carbocycles. The van der Waals surface area contributed by atoms with E-state index >= 15 is 0 Å². The third-order valence-electron chi connectivity index (χ3n) is 2.16. The summed E-state index contributed by atoms with van der Waals surface area (Å²) in [7, 11) is 1.98. The van der Waals surface area contributed by atoms with Crippen LogP contribution in [0.5, 0.6) is 0 Å². The number of nitriles is 1. The van der Waals surface area contributed by atoms with Gasteiger partial charge in [-0.1, -0.05) is 6.07 Å². The topological polar surface area (TPSA) is 27.7 Å². The van der Waals surface area contributed by atoms with E-state index in [2.05, 4.69) is 6.07 Å². The first-order valence-electron chi connectivity index (χ1n) is 4.10. The van der Waals surface area contributed by atoms with Crippen molar-refractivity contribution in [3.05, 3.63) is 42.1 Å². The van der Waals surface area contributed by atoms with Crippen LogP contribution in [0.3, 0.4) is 0 Å². The van der Waals surface area contributed by atoms with Crippen molar-refractivity contribution in [2.24, 2.45) is 7.05 Å². The normalized spacial score (nSPS) is 9.85. The number of rotatable bonds is 0. The highest BCUT2D eigenvalue weighted by Gasteiger charge is 2.06. The third-order valence-corrected chi connectivity index (χ3v) is 2.16. The summed E-state index contributed by atoms with van der Waals surface area (Å²) in [6.07, 6.45) is 1.98. The Hall–Kier alpha value is -1.88. The zero-order chi connectivity index (χ0) is 9.26. The van der Waals surface area contributed by atoms with Crippen molar-refractivity contribution >= 4 is 10.9 Å². The Morgan fingerprint density at radius 3 is 2.85 bits per heavy atom. The molecule has 2 rings (SSSR count). The Kier molecular flexibility index (Phi) is 1.71. The minimum atomic E-state index is 0.730. The second kappa shape index (κ2) is 2.87. The molecule has 2 aromatic rings. The van der Waals surface area contributed by atoms with Gasteiger partial charge in [-0.3, -0.25) is 0 Å². The Labute approximate surface area is 76.7 Å². The second-order valence-electron chi connectivity index (χ2n) is 2.97. The van der Waals surface area contributed by atoms with Crippen LogP contribution in [0, 0.1) is 11.3 Å². The molecule has 0 atom stereocenters. The van der Waals surface area contributed by atoms with E-state index in [-0.39, 0.29) is 0 Å². The first-order chi connectivity index (χ1) is 6.33. The van der Waals surface area contributed by atoms with Gasteiger partial charge in [-0.05, 0) is 12.1 Å². The summed E-state index contributed by atoms with van der Waals surface area (Å²) in [4.78, 5) is 0. The van der Waals surface area contributed by atoms with Crippen LogP contribution in [0.1, 0.15) is 5.56 Å². The van der Waals surface area contributed by atoms with Crippen molar-refractivity contribution in [3.63, 3.8) is 0 Å². The van der Waals surface area contributed by atoms with Gasteiger partial charge in [0.05, 0.1) is 10.9 Å². The van der Waals surface area contributed by atoms with Gasteiger partial charge in [-0.15, -0.1) is 0 Å². The van der Waals surface area contributed by atoms with Crippen LogP contribution in [-0.4, -0.2) is 0 Å². The summed E-state index contributed by atoms with van der Waals surface area (Å²) < 4.78 is 2.01. The van der Waals surface area contributed by atoms with Crippen molar-refractivity contribution in [3.8, 4) is 6.07 Å². The fourth-order valence-electron chi connectivity index (χ4n) is 1.48. The molecule has 0 N–H and O–H groups in total. The van der Waals surface area contributed by atoms with Crippen molar-refractivity contribution in [2.45, 2.75) is 0 Å². The van der Waals surface area contributed by atoms with E-state index in [1.165, 1.54) is 0 Å². The Bertz CT molecular complexity index is 495. The summed E-state index contributed by atoms with van der Waals surface area (Å²) in [6.45, 7) is 0. The number of hydrogen-bond acceptors (Lipinski definition) is 1. The van der Waals surface area contributed by atoms with Gasteiger partial charge in [0, 0.05) is 12.1 Å². The lowest BCUT2D eigenvalue weighted by Crippen LogP contribution is -2.27. The van der Waals surface area contributed by atoms with Gasteiger partial charge in [0.15, 0.2) is 6.20 Å². The maximum Gasteiger partial charge on any atom is 0.213 e. The zero-order valence-corrected chi connectivity index (χ0v) is 7.36. The molecule has 0 bridgehead atoms. The largest absolute Gasteiger partial charge is 0.213 e. The molecule has 0 spiro atoms. The van der Waals surface area contributed by atoms with Gasteiger partial charge in [0.2, 0.25) is 5.52 Å². The molecule has 1 aromatic heterocycles. The molecule has 0 amide bonds. The molecule has 13 heavy (non-hydrogen) atoms. The van der Waals surface area contributed by atoms with Crippen LogP contribution in [0.15, 0.2) is 36.5 Å². The lowest BCUT2D eigenvalue weighted by Gasteiger charge is -1.96. The maximum atomic E-state index is 8.87. The number of aromatic nitrogens is 1. The number of aryl methyl sites for hydroxylation is 1. The van der Waals surface area contributed by atoms with Gasteiger partial charge >= 0.3 is 0 Å². The first-order valence-corrected chi connectivity index (χ1v) is 4.10. The highest BCUT2D eigenvalue weighted by molar-refractivity contribution is 5.81. The van der Waals surface area contributed by atoms with Crippen LogP contribution in [0.25, 0.3) is 10.9 Å². The number of fused-ring (bicyclic) bond motifs is 1. The monoisotopic (exact) mass is 169 g/mol. The molecule has 0 radical (unpaired) electrons. The summed E-state index contributed by atoms with van der Waals surface area (Å²) in [5.74, 6) is 0. The summed E-state index contributed by atoms with van der Waals surface area (Å²) in [5.41, 5.74) is 1.82. The number of benzene rings is 1. The maximum absolute atomic E-state index is 8.87. The molecule has 1 heterocycles. The lowest BCUT2D eigenvalue weighted by molar-refractivity contribution is -0.644. The van der Waals surface area contributed by atoms with Crippen LogP contribution >= 0.6 is 0 Å². The Balaban J connectivity index is 2.94. The third kappa shape index (κ3) is 1.15. The van der Waals surface area contributed by atoms with Crippen LogP contribution < -0.4 is 4.57 Å². The van der Waals surface area contributed by atoms with Crippen LogP contribution in [0.4, 0.5) is 0 Å². The van der Waals surface area contributed by atoms with Gasteiger partial charge in [-0.25, -0.2) is 4.57 Å². The van der Waals surface area contributed by atoms with Gasteiger partial charge in [-0.2, -0.15) is 5.26 Å². The van der Waals surface area contributed by atoms with E-state index < -0.39 is 0 Å². The van der Waals surface area contributed by atoms with Crippen LogP contribution in [-0.2, 0) is 7.05 Å². The zero-order valence-electron chi connectivity index (χ0n) is 7.36. The molecule has 0 fully saturated rings. The molecule has 0 saturated heterocycles. The van der Waals surface area contributed by atoms with Crippen molar-refractivity contribution in [1.82, 2.24) is 0 Å². The average Bonchev–Trinajstić information content (AvgIpc) is 2.18. The predicted octanol–water partition coefficient (Wildman–Crippen LogP) is 1.54. The van der Waals surface area contributed by atoms with E-state index in [0.29, 0.717) is 0 Å². The second-order valence-corrected chi connectivity index (χ2v) is 2.97. The Morgan fingerprint density at radius 1 is 1.23 bits per heavy atom. The van der Waals surface area contributed by atoms with E-state index in [9.17, 15) is 0 Å². The van der Waals surface area contributed by atoms with Gasteiger partial charge in [0.1, 0.15) is 13.1 Å². The highest BCUT2D eigenvalue weighted by atomic mass is 14.9. The molecular weight excluding hydrogens is 160 g/mol. The van der Waals surface area contributed by atoms with Crippen molar-refractivity contribution in [2.75, 3.05) is 0 Å².